The van der Waals surface area contributed by atoms with Gasteiger partial charge in [0.2, 0.25) is 10.0 Å². The van der Waals surface area contributed by atoms with Gasteiger partial charge < -0.3 is 19.8 Å². The lowest BCUT2D eigenvalue weighted by atomic mass is 9.95. The number of amides is 1. The van der Waals surface area contributed by atoms with E-state index < -0.39 is 27.3 Å². The fourth-order valence-electron chi connectivity index (χ4n) is 4.33. The SMILES string of the molecule is COc1cccc(CNC(=O)c2nc3ccc(F)c(OCCC4CCN(S(C)(=O)=O)CC4)c3c(=O)[nH]2)c1. The van der Waals surface area contributed by atoms with Crippen LogP contribution in [0.5, 0.6) is 11.5 Å². The highest BCUT2D eigenvalue weighted by Gasteiger charge is 2.25. The van der Waals surface area contributed by atoms with E-state index in [4.69, 9.17) is 9.47 Å². The number of ether oxygens (including phenoxy) is 2. The van der Waals surface area contributed by atoms with Crippen molar-refractivity contribution in [3.63, 3.8) is 0 Å². The number of nitrogens with one attached hydrogen (secondary N) is 2. The number of hydrogen-bond acceptors (Lipinski definition) is 7. The van der Waals surface area contributed by atoms with Crippen LogP contribution in [-0.2, 0) is 16.6 Å². The highest BCUT2D eigenvalue weighted by atomic mass is 32.2. The van der Waals surface area contributed by atoms with Crippen LogP contribution in [-0.4, -0.2) is 61.7 Å². The minimum absolute atomic E-state index is 0.0729. The number of carbonyl (C=O) groups excluding carboxylic acids is 1. The Hall–Kier alpha value is -3.51. The Morgan fingerprint density at radius 3 is 2.70 bits per heavy atom. The fourth-order valence-corrected chi connectivity index (χ4v) is 5.21. The van der Waals surface area contributed by atoms with Crippen molar-refractivity contribution < 1.29 is 27.1 Å². The van der Waals surface area contributed by atoms with Crippen molar-refractivity contribution in [2.45, 2.75) is 25.8 Å². The number of aromatic nitrogens is 2. The maximum atomic E-state index is 14.6. The molecular formula is C25H29FN4O6S. The maximum absolute atomic E-state index is 14.6. The van der Waals surface area contributed by atoms with E-state index in [0.29, 0.717) is 38.1 Å². The molecule has 0 atom stereocenters. The van der Waals surface area contributed by atoms with Gasteiger partial charge in [-0.25, -0.2) is 22.1 Å². The van der Waals surface area contributed by atoms with Crippen LogP contribution in [0.1, 0.15) is 35.4 Å². The summed E-state index contributed by atoms with van der Waals surface area (Å²) in [6.45, 7) is 1.23. The Balaban J connectivity index is 1.42. The van der Waals surface area contributed by atoms with E-state index in [2.05, 4.69) is 15.3 Å². The highest BCUT2D eigenvalue weighted by Crippen LogP contribution is 2.27. The molecule has 0 spiro atoms. The molecule has 0 saturated carbocycles. The quantitative estimate of drug-likeness (QED) is 0.433. The third-order valence-electron chi connectivity index (χ3n) is 6.40. The molecule has 1 amide bonds. The van der Waals surface area contributed by atoms with Gasteiger partial charge in [0, 0.05) is 19.6 Å². The Morgan fingerprint density at radius 1 is 1.24 bits per heavy atom. The summed E-state index contributed by atoms with van der Waals surface area (Å²) in [5, 5.41) is 2.62. The molecule has 1 saturated heterocycles. The van der Waals surface area contributed by atoms with Gasteiger partial charge in [0.15, 0.2) is 17.4 Å². The number of nitrogens with zero attached hydrogens (tertiary/aromatic N) is 2. The maximum Gasteiger partial charge on any atom is 0.287 e. The summed E-state index contributed by atoms with van der Waals surface area (Å²) in [4.78, 5) is 32.1. The molecule has 10 nitrogen and oxygen atoms in total. The van der Waals surface area contributed by atoms with E-state index in [0.717, 1.165) is 11.6 Å². The summed E-state index contributed by atoms with van der Waals surface area (Å²) in [5.41, 5.74) is 0.246. The molecule has 1 fully saturated rings. The number of H-pyrrole nitrogens is 1. The van der Waals surface area contributed by atoms with Crippen molar-refractivity contribution >= 4 is 26.8 Å². The minimum Gasteiger partial charge on any atom is -0.497 e. The molecular weight excluding hydrogens is 503 g/mol. The molecule has 2 N–H and O–H groups in total. The number of piperidine rings is 1. The molecule has 2 aromatic carbocycles. The van der Waals surface area contributed by atoms with Gasteiger partial charge in [-0.15, -0.1) is 0 Å². The van der Waals surface area contributed by atoms with Crippen molar-refractivity contribution in [2.24, 2.45) is 5.92 Å². The van der Waals surface area contributed by atoms with Gasteiger partial charge in [0.1, 0.15) is 11.1 Å². The van der Waals surface area contributed by atoms with Crippen molar-refractivity contribution in [3.8, 4) is 11.5 Å². The van der Waals surface area contributed by atoms with Gasteiger partial charge in [-0.1, -0.05) is 12.1 Å². The van der Waals surface area contributed by atoms with Crippen LogP contribution < -0.4 is 20.3 Å². The summed E-state index contributed by atoms with van der Waals surface area (Å²) in [7, 11) is -1.66. The van der Waals surface area contributed by atoms with Crippen LogP contribution in [0.2, 0.25) is 0 Å². The molecule has 37 heavy (non-hydrogen) atoms. The number of rotatable bonds is 9. The van der Waals surface area contributed by atoms with Gasteiger partial charge >= 0.3 is 0 Å². The smallest absolute Gasteiger partial charge is 0.287 e. The van der Waals surface area contributed by atoms with E-state index in [-0.39, 0.29) is 41.5 Å². The Kier molecular flexibility index (Phi) is 8.08. The monoisotopic (exact) mass is 532 g/mol. The molecule has 1 aliphatic heterocycles. The first-order valence-corrected chi connectivity index (χ1v) is 13.7. The molecule has 0 unspecified atom stereocenters. The van der Waals surface area contributed by atoms with Gasteiger partial charge in [0.25, 0.3) is 11.5 Å². The average Bonchev–Trinajstić information content (AvgIpc) is 2.88. The van der Waals surface area contributed by atoms with Crippen LogP contribution >= 0.6 is 0 Å². The Bertz CT molecular complexity index is 1450. The molecule has 0 radical (unpaired) electrons. The first kappa shape index (κ1) is 26.6. The largest absolute Gasteiger partial charge is 0.497 e. The Labute approximate surface area is 213 Å². The van der Waals surface area contributed by atoms with Crippen LogP contribution in [0.15, 0.2) is 41.2 Å². The van der Waals surface area contributed by atoms with E-state index in [9.17, 15) is 22.4 Å². The predicted octanol–water partition coefficient (Wildman–Crippen LogP) is 2.44. The number of halogens is 1. The highest BCUT2D eigenvalue weighted by molar-refractivity contribution is 7.88. The number of hydrogen-bond donors (Lipinski definition) is 2. The number of aromatic amines is 1. The summed E-state index contributed by atoms with van der Waals surface area (Å²) in [6, 6.07) is 9.65. The number of sulfonamides is 1. The summed E-state index contributed by atoms with van der Waals surface area (Å²) >= 11 is 0. The zero-order chi connectivity index (χ0) is 26.6. The molecule has 3 aromatic rings. The van der Waals surface area contributed by atoms with Crippen LogP contribution in [0.25, 0.3) is 10.9 Å². The zero-order valence-electron chi connectivity index (χ0n) is 20.6. The number of carbonyl (C=O) groups is 1. The second kappa shape index (κ2) is 11.3. The normalized spacial score (nSPS) is 15.0. The second-order valence-electron chi connectivity index (χ2n) is 8.96. The lowest BCUT2D eigenvalue weighted by molar-refractivity contribution is 0.0940. The van der Waals surface area contributed by atoms with Gasteiger partial charge in [-0.05, 0) is 55.0 Å². The van der Waals surface area contributed by atoms with Gasteiger partial charge in [0.05, 0.1) is 25.5 Å². The fraction of sp³-hybridized carbons (Fsp3) is 0.400. The van der Waals surface area contributed by atoms with E-state index in [1.165, 1.54) is 16.6 Å². The standard InChI is InChI=1S/C25H29FN4O6S/c1-35-18-5-3-4-17(14-18)15-27-25(32)23-28-20-7-6-19(26)22(21(20)24(31)29-23)36-13-10-16-8-11-30(12-9-16)37(2,33)34/h3-7,14,16H,8-13,15H2,1-2H3,(H,27,32)(H,28,29,31). The first-order chi connectivity index (χ1) is 17.7. The molecule has 12 heteroatoms. The Morgan fingerprint density at radius 2 is 2.00 bits per heavy atom. The molecule has 1 aromatic heterocycles. The number of benzene rings is 2. The lowest BCUT2D eigenvalue weighted by Gasteiger charge is -2.30. The van der Waals surface area contributed by atoms with E-state index in [1.54, 1.807) is 25.3 Å². The molecule has 4 rings (SSSR count). The van der Waals surface area contributed by atoms with Gasteiger partial charge in [-0.2, -0.15) is 0 Å². The topological polar surface area (TPSA) is 131 Å². The number of fused-ring (bicyclic) bond motifs is 1. The minimum atomic E-state index is -3.20. The summed E-state index contributed by atoms with van der Waals surface area (Å²) in [6.07, 6.45) is 3.15. The third kappa shape index (κ3) is 6.44. The molecule has 0 aliphatic carbocycles. The zero-order valence-corrected chi connectivity index (χ0v) is 21.4. The van der Waals surface area contributed by atoms with Crippen LogP contribution in [0.4, 0.5) is 4.39 Å². The number of methoxy groups -OCH3 is 1. The summed E-state index contributed by atoms with van der Waals surface area (Å²) in [5.74, 6) is -0.833. The van der Waals surface area contributed by atoms with Crippen molar-refractivity contribution in [1.82, 2.24) is 19.6 Å². The van der Waals surface area contributed by atoms with Crippen molar-refractivity contribution in [3.05, 3.63) is 64.0 Å². The van der Waals surface area contributed by atoms with Crippen molar-refractivity contribution in [1.29, 1.82) is 0 Å². The first-order valence-electron chi connectivity index (χ1n) is 11.9. The second-order valence-corrected chi connectivity index (χ2v) is 10.9. The molecule has 1 aliphatic rings. The van der Waals surface area contributed by atoms with Crippen LogP contribution in [0, 0.1) is 11.7 Å². The van der Waals surface area contributed by atoms with E-state index >= 15 is 0 Å². The third-order valence-corrected chi connectivity index (χ3v) is 7.70. The molecule has 0 bridgehead atoms. The molecule has 198 valence electrons. The average molecular weight is 533 g/mol. The van der Waals surface area contributed by atoms with Crippen LogP contribution in [0.3, 0.4) is 0 Å². The van der Waals surface area contributed by atoms with E-state index in [1.807, 2.05) is 6.07 Å². The predicted molar refractivity (Wildman–Crippen MR) is 136 cm³/mol. The lowest BCUT2D eigenvalue weighted by Crippen LogP contribution is -2.38. The molecule has 2 heterocycles. The van der Waals surface area contributed by atoms with Gasteiger partial charge in [-0.3, -0.25) is 9.59 Å². The van der Waals surface area contributed by atoms with Crippen molar-refractivity contribution in [2.75, 3.05) is 33.1 Å². The summed E-state index contributed by atoms with van der Waals surface area (Å²) < 4.78 is 50.2.